The molecule has 0 aromatic heterocycles. The standard InChI is InChI=1S/C13H17NO3/c14-12(8-10-4-2-1-3-5-10)13(15)17-11-6-7-16-9-11/h1-5,11-12H,6-9,14H2/t11-,12+/m1/s1. The van der Waals surface area contributed by atoms with Crippen LogP contribution in [0.5, 0.6) is 0 Å². The first kappa shape index (κ1) is 12.1. The molecule has 1 fully saturated rings. The zero-order valence-electron chi connectivity index (χ0n) is 9.67. The van der Waals surface area contributed by atoms with Crippen molar-refractivity contribution in [3.63, 3.8) is 0 Å². The highest BCUT2D eigenvalue weighted by Gasteiger charge is 2.23. The van der Waals surface area contributed by atoms with Crippen molar-refractivity contribution in [3.05, 3.63) is 35.9 Å². The molecule has 1 heterocycles. The Labute approximate surface area is 101 Å². The molecule has 4 nitrogen and oxygen atoms in total. The fraction of sp³-hybridized carbons (Fsp3) is 0.462. The molecule has 0 bridgehead atoms. The van der Waals surface area contributed by atoms with Gasteiger partial charge in [0.25, 0.3) is 0 Å². The minimum Gasteiger partial charge on any atom is -0.459 e. The Kier molecular flexibility index (Phi) is 4.12. The van der Waals surface area contributed by atoms with Crippen LogP contribution in [0.1, 0.15) is 12.0 Å². The molecular weight excluding hydrogens is 218 g/mol. The van der Waals surface area contributed by atoms with Crippen LogP contribution in [0.25, 0.3) is 0 Å². The first-order valence-electron chi connectivity index (χ1n) is 5.83. The van der Waals surface area contributed by atoms with Crippen molar-refractivity contribution in [2.75, 3.05) is 13.2 Å². The number of carbonyl (C=O) groups excluding carboxylic acids is 1. The molecule has 2 rings (SSSR count). The lowest BCUT2D eigenvalue weighted by atomic mass is 10.1. The van der Waals surface area contributed by atoms with Gasteiger partial charge in [-0.15, -0.1) is 0 Å². The van der Waals surface area contributed by atoms with Crippen LogP contribution in [0, 0.1) is 0 Å². The topological polar surface area (TPSA) is 61.6 Å². The quantitative estimate of drug-likeness (QED) is 0.787. The maximum atomic E-state index is 11.7. The average molecular weight is 235 g/mol. The maximum absolute atomic E-state index is 11.7. The van der Waals surface area contributed by atoms with Crippen molar-refractivity contribution in [3.8, 4) is 0 Å². The number of hydrogen-bond acceptors (Lipinski definition) is 4. The molecule has 1 aliphatic rings. The van der Waals surface area contributed by atoms with Crippen LogP contribution in [0.3, 0.4) is 0 Å². The maximum Gasteiger partial charge on any atom is 0.323 e. The predicted molar refractivity (Wildman–Crippen MR) is 63.4 cm³/mol. The van der Waals surface area contributed by atoms with E-state index >= 15 is 0 Å². The molecule has 92 valence electrons. The van der Waals surface area contributed by atoms with Crippen LogP contribution in [-0.2, 0) is 20.7 Å². The normalized spacial score (nSPS) is 21.1. The van der Waals surface area contributed by atoms with Crippen LogP contribution >= 0.6 is 0 Å². The van der Waals surface area contributed by atoms with Gasteiger partial charge in [0.2, 0.25) is 0 Å². The molecule has 0 spiro atoms. The van der Waals surface area contributed by atoms with Gasteiger partial charge >= 0.3 is 5.97 Å². The molecule has 0 saturated carbocycles. The summed E-state index contributed by atoms with van der Waals surface area (Å²) in [6, 6.07) is 9.09. The predicted octanol–water partition coefficient (Wildman–Crippen LogP) is 0.889. The van der Waals surface area contributed by atoms with Gasteiger partial charge in [-0.1, -0.05) is 30.3 Å². The summed E-state index contributed by atoms with van der Waals surface area (Å²) in [7, 11) is 0. The van der Waals surface area contributed by atoms with Crippen molar-refractivity contribution in [1.29, 1.82) is 0 Å². The minimum absolute atomic E-state index is 0.121. The van der Waals surface area contributed by atoms with E-state index in [1.165, 1.54) is 0 Å². The molecule has 0 aliphatic carbocycles. The Morgan fingerprint density at radius 3 is 2.88 bits per heavy atom. The van der Waals surface area contributed by atoms with E-state index in [2.05, 4.69) is 0 Å². The van der Waals surface area contributed by atoms with Crippen molar-refractivity contribution < 1.29 is 14.3 Å². The average Bonchev–Trinajstić information content (AvgIpc) is 2.83. The van der Waals surface area contributed by atoms with E-state index < -0.39 is 6.04 Å². The highest BCUT2D eigenvalue weighted by Crippen LogP contribution is 2.10. The molecule has 1 aromatic rings. The lowest BCUT2D eigenvalue weighted by Gasteiger charge is -2.14. The zero-order chi connectivity index (χ0) is 12.1. The van der Waals surface area contributed by atoms with Crippen molar-refractivity contribution in [2.24, 2.45) is 5.73 Å². The highest BCUT2D eigenvalue weighted by molar-refractivity contribution is 5.76. The van der Waals surface area contributed by atoms with Gasteiger partial charge in [-0.05, 0) is 12.0 Å². The lowest BCUT2D eigenvalue weighted by molar-refractivity contribution is -0.150. The third-order valence-corrected chi connectivity index (χ3v) is 2.77. The van der Waals surface area contributed by atoms with Gasteiger partial charge in [0.15, 0.2) is 0 Å². The summed E-state index contributed by atoms with van der Waals surface area (Å²) < 4.78 is 10.4. The summed E-state index contributed by atoms with van der Waals surface area (Å²) >= 11 is 0. The Morgan fingerprint density at radius 2 is 2.24 bits per heavy atom. The SMILES string of the molecule is N[C@@H](Cc1ccccc1)C(=O)O[C@@H]1CCOC1. The molecule has 0 radical (unpaired) electrons. The number of ether oxygens (including phenoxy) is 2. The second-order valence-electron chi connectivity index (χ2n) is 4.22. The molecule has 1 saturated heterocycles. The number of nitrogens with two attached hydrogens (primary N) is 1. The first-order chi connectivity index (χ1) is 8.25. The third kappa shape index (κ3) is 3.54. The van der Waals surface area contributed by atoms with Crippen LogP contribution < -0.4 is 5.73 Å². The molecule has 1 aromatic carbocycles. The van der Waals surface area contributed by atoms with Gasteiger partial charge in [-0.2, -0.15) is 0 Å². The summed E-state index contributed by atoms with van der Waals surface area (Å²) in [4.78, 5) is 11.7. The van der Waals surface area contributed by atoms with Gasteiger partial charge in [-0.3, -0.25) is 4.79 Å². The number of esters is 1. The van der Waals surface area contributed by atoms with Gasteiger partial charge < -0.3 is 15.2 Å². The molecule has 0 unspecified atom stereocenters. The van der Waals surface area contributed by atoms with Gasteiger partial charge in [0.1, 0.15) is 12.1 Å². The number of carbonyl (C=O) groups is 1. The van der Waals surface area contributed by atoms with Crippen LogP contribution in [0.15, 0.2) is 30.3 Å². The second kappa shape index (κ2) is 5.80. The molecule has 2 N–H and O–H groups in total. The lowest BCUT2D eigenvalue weighted by Crippen LogP contribution is -2.36. The van der Waals surface area contributed by atoms with Crippen molar-refractivity contribution in [2.45, 2.75) is 25.0 Å². The van der Waals surface area contributed by atoms with E-state index in [1.807, 2.05) is 30.3 Å². The molecule has 1 aliphatic heterocycles. The summed E-state index contributed by atoms with van der Waals surface area (Å²) in [5, 5.41) is 0. The van der Waals surface area contributed by atoms with Gasteiger partial charge in [0.05, 0.1) is 13.2 Å². The van der Waals surface area contributed by atoms with E-state index in [0.717, 1.165) is 12.0 Å². The third-order valence-electron chi connectivity index (χ3n) is 2.77. The minimum atomic E-state index is -0.599. The zero-order valence-corrected chi connectivity index (χ0v) is 9.67. The second-order valence-corrected chi connectivity index (χ2v) is 4.22. The van der Waals surface area contributed by atoms with Crippen LogP contribution in [-0.4, -0.2) is 31.3 Å². The summed E-state index contributed by atoms with van der Waals surface area (Å²) in [6.07, 6.45) is 1.15. The fourth-order valence-electron chi connectivity index (χ4n) is 1.81. The molecule has 2 atom stereocenters. The molecule has 4 heteroatoms. The van der Waals surface area contributed by atoms with Crippen LogP contribution in [0.2, 0.25) is 0 Å². The van der Waals surface area contributed by atoms with E-state index in [0.29, 0.717) is 19.6 Å². The largest absolute Gasteiger partial charge is 0.459 e. The van der Waals surface area contributed by atoms with Gasteiger partial charge in [0, 0.05) is 6.42 Å². The highest BCUT2D eigenvalue weighted by atomic mass is 16.6. The monoisotopic (exact) mass is 235 g/mol. The van der Waals surface area contributed by atoms with E-state index in [-0.39, 0.29) is 12.1 Å². The number of hydrogen-bond donors (Lipinski definition) is 1. The smallest absolute Gasteiger partial charge is 0.323 e. The van der Waals surface area contributed by atoms with E-state index in [1.54, 1.807) is 0 Å². The molecule has 17 heavy (non-hydrogen) atoms. The fourth-order valence-corrected chi connectivity index (χ4v) is 1.81. The van der Waals surface area contributed by atoms with Crippen molar-refractivity contribution >= 4 is 5.97 Å². The Morgan fingerprint density at radius 1 is 1.47 bits per heavy atom. The molecular formula is C13H17NO3. The Balaban J connectivity index is 1.82. The summed E-state index contributed by atoms with van der Waals surface area (Å²) in [5.74, 6) is -0.343. The Hall–Kier alpha value is -1.39. The number of benzene rings is 1. The Bertz CT molecular complexity index is 360. The first-order valence-corrected chi connectivity index (χ1v) is 5.83. The molecule has 0 amide bonds. The van der Waals surface area contributed by atoms with Crippen LogP contribution in [0.4, 0.5) is 0 Å². The summed E-state index contributed by atoms with van der Waals surface area (Å²) in [6.45, 7) is 1.15. The van der Waals surface area contributed by atoms with Crippen molar-refractivity contribution in [1.82, 2.24) is 0 Å². The summed E-state index contributed by atoms with van der Waals surface area (Å²) in [5.41, 5.74) is 6.85. The number of rotatable bonds is 4. The van der Waals surface area contributed by atoms with E-state index in [4.69, 9.17) is 15.2 Å². The van der Waals surface area contributed by atoms with Gasteiger partial charge in [-0.25, -0.2) is 0 Å². The van der Waals surface area contributed by atoms with E-state index in [9.17, 15) is 4.79 Å².